The number of anilines is 2. The molecule has 0 atom stereocenters. The molecule has 0 unspecified atom stereocenters. The largest absolute Gasteiger partial charge is 0.322 e. The Kier molecular flexibility index (Phi) is 5.44. The standard InChI is InChI=1S/C24H21N3O3S/c1-16-5-11-22(14-17(16)2)31(29,30)27-20-8-6-18(7-9-20)24(28)26-21-10-12-23-19(15-21)4-3-13-25-23/h3-15,27H,1-2H3,(H,26,28). The second-order valence-electron chi connectivity index (χ2n) is 7.29. The van der Waals surface area contributed by atoms with Gasteiger partial charge in [-0.15, -0.1) is 0 Å². The molecule has 4 aromatic rings. The van der Waals surface area contributed by atoms with E-state index in [4.69, 9.17) is 0 Å². The van der Waals surface area contributed by atoms with Crippen LogP contribution in [0, 0.1) is 13.8 Å². The van der Waals surface area contributed by atoms with Crippen LogP contribution in [0.3, 0.4) is 0 Å². The smallest absolute Gasteiger partial charge is 0.261 e. The van der Waals surface area contributed by atoms with E-state index in [-0.39, 0.29) is 10.8 Å². The van der Waals surface area contributed by atoms with Gasteiger partial charge in [0.1, 0.15) is 0 Å². The first-order valence-corrected chi connectivity index (χ1v) is 11.2. The average molecular weight is 432 g/mol. The van der Waals surface area contributed by atoms with Crippen LogP contribution in [0.5, 0.6) is 0 Å². The molecule has 0 aliphatic heterocycles. The first-order valence-electron chi connectivity index (χ1n) is 9.68. The number of aryl methyl sites for hydroxylation is 2. The Morgan fingerprint density at radius 1 is 0.839 bits per heavy atom. The van der Waals surface area contributed by atoms with Crippen LogP contribution >= 0.6 is 0 Å². The molecule has 0 fully saturated rings. The maximum Gasteiger partial charge on any atom is 0.261 e. The van der Waals surface area contributed by atoms with E-state index in [1.807, 2.05) is 38.1 Å². The molecule has 0 saturated carbocycles. The lowest BCUT2D eigenvalue weighted by Crippen LogP contribution is -2.14. The zero-order chi connectivity index (χ0) is 22.0. The first-order chi connectivity index (χ1) is 14.8. The molecule has 7 heteroatoms. The van der Waals surface area contributed by atoms with Crippen LogP contribution in [0.25, 0.3) is 10.9 Å². The molecule has 1 heterocycles. The number of aromatic nitrogens is 1. The summed E-state index contributed by atoms with van der Waals surface area (Å²) in [6, 6.07) is 20.5. The van der Waals surface area contributed by atoms with E-state index in [0.29, 0.717) is 16.9 Å². The predicted molar refractivity (Wildman–Crippen MR) is 123 cm³/mol. The second kappa shape index (κ2) is 8.20. The lowest BCUT2D eigenvalue weighted by Gasteiger charge is -2.11. The number of pyridine rings is 1. The SMILES string of the molecule is Cc1ccc(S(=O)(=O)Nc2ccc(C(=O)Nc3ccc4ncccc4c3)cc2)cc1C. The van der Waals surface area contributed by atoms with Crippen molar-refractivity contribution < 1.29 is 13.2 Å². The van der Waals surface area contributed by atoms with Gasteiger partial charge in [-0.2, -0.15) is 0 Å². The zero-order valence-corrected chi connectivity index (χ0v) is 17.9. The van der Waals surface area contributed by atoms with Gasteiger partial charge in [0.15, 0.2) is 0 Å². The Bertz CT molecular complexity index is 1380. The van der Waals surface area contributed by atoms with Crippen molar-refractivity contribution in [2.75, 3.05) is 10.0 Å². The predicted octanol–water partition coefficient (Wildman–Crippen LogP) is 4.90. The van der Waals surface area contributed by atoms with Crippen LogP contribution in [-0.2, 0) is 10.0 Å². The van der Waals surface area contributed by atoms with Crippen LogP contribution in [0.4, 0.5) is 11.4 Å². The number of fused-ring (bicyclic) bond motifs is 1. The van der Waals surface area contributed by atoms with Crippen LogP contribution in [0.1, 0.15) is 21.5 Å². The van der Waals surface area contributed by atoms with Gasteiger partial charge in [-0.3, -0.25) is 14.5 Å². The molecular formula is C24H21N3O3S. The monoisotopic (exact) mass is 431 g/mol. The fourth-order valence-corrected chi connectivity index (χ4v) is 4.28. The first kappa shape index (κ1) is 20.6. The third-order valence-electron chi connectivity index (χ3n) is 5.05. The van der Waals surface area contributed by atoms with Gasteiger partial charge in [0.25, 0.3) is 15.9 Å². The minimum absolute atomic E-state index is 0.197. The summed E-state index contributed by atoms with van der Waals surface area (Å²) in [4.78, 5) is 17.0. The maximum atomic E-state index is 12.6. The number of rotatable bonds is 5. The van der Waals surface area contributed by atoms with Crippen molar-refractivity contribution in [3.05, 3.63) is 95.7 Å². The normalized spacial score (nSPS) is 11.3. The molecule has 4 rings (SSSR count). The number of nitrogens with zero attached hydrogens (tertiary/aromatic N) is 1. The van der Waals surface area contributed by atoms with Crippen molar-refractivity contribution in [1.29, 1.82) is 0 Å². The third-order valence-corrected chi connectivity index (χ3v) is 6.43. The Morgan fingerprint density at radius 3 is 2.32 bits per heavy atom. The van der Waals surface area contributed by atoms with Gasteiger partial charge < -0.3 is 5.32 Å². The number of carbonyl (C=O) groups excluding carboxylic acids is 1. The molecule has 0 radical (unpaired) electrons. The molecule has 3 aromatic carbocycles. The summed E-state index contributed by atoms with van der Waals surface area (Å²) in [5, 5.41) is 3.78. The fraction of sp³-hybridized carbons (Fsp3) is 0.0833. The minimum Gasteiger partial charge on any atom is -0.322 e. The van der Waals surface area contributed by atoms with Gasteiger partial charge in [-0.1, -0.05) is 12.1 Å². The number of hydrogen-bond donors (Lipinski definition) is 2. The number of nitrogens with one attached hydrogen (secondary N) is 2. The molecule has 0 bridgehead atoms. The Labute approximate surface area is 181 Å². The van der Waals surface area contributed by atoms with E-state index in [9.17, 15) is 13.2 Å². The molecule has 1 amide bonds. The summed E-state index contributed by atoms with van der Waals surface area (Å²) in [7, 11) is -3.71. The van der Waals surface area contributed by atoms with E-state index < -0.39 is 10.0 Å². The van der Waals surface area contributed by atoms with Gasteiger partial charge in [-0.25, -0.2) is 8.42 Å². The van der Waals surface area contributed by atoms with Gasteiger partial charge in [-0.05, 0) is 85.6 Å². The highest BCUT2D eigenvalue weighted by molar-refractivity contribution is 7.92. The Hall–Kier alpha value is -3.71. The Balaban J connectivity index is 1.47. The highest BCUT2D eigenvalue weighted by Gasteiger charge is 2.15. The summed E-state index contributed by atoms with van der Waals surface area (Å²) in [5.74, 6) is -0.285. The molecule has 1 aromatic heterocycles. The summed E-state index contributed by atoms with van der Waals surface area (Å²) >= 11 is 0. The second-order valence-corrected chi connectivity index (χ2v) is 8.98. The fourth-order valence-electron chi connectivity index (χ4n) is 3.14. The zero-order valence-electron chi connectivity index (χ0n) is 17.1. The summed E-state index contributed by atoms with van der Waals surface area (Å²) in [6.45, 7) is 3.80. The molecule has 6 nitrogen and oxygen atoms in total. The van der Waals surface area contributed by atoms with Crippen molar-refractivity contribution >= 4 is 38.2 Å². The summed E-state index contributed by atoms with van der Waals surface area (Å²) < 4.78 is 27.8. The van der Waals surface area contributed by atoms with Crippen LogP contribution in [0.15, 0.2) is 83.9 Å². The molecule has 2 N–H and O–H groups in total. The Morgan fingerprint density at radius 2 is 1.58 bits per heavy atom. The molecule has 0 aliphatic rings. The van der Waals surface area contributed by atoms with Crippen molar-refractivity contribution in [3.63, 3.8) is 0 Å². The molecule has 31 heavy (non-hydrogen) atoms. The van der Waals surface area contributed by atoms with Gasteiger partial charge in [0, 0.05) is 28.5 Å². The molecule has 0 saturated heterocycles. The highest BCUT2D eigenvalue weighted by Crippen LogP contribution is 2.21. The van der Waals surface area contributed by atoms with Crippen molar-refractivity contribution in [3.8, 4) is 0 Å². The average Bonchev–Trinajstić information content (AvgIpc) is 2.75. The summed E-state index contributed by atoms with van der Waals surface area (Å²) in [5.41, 5.74) is 4.23. The molecule has 0 spiro atoms. The number of amides is 1. The van der Waals surface area contributed by atoms with Gasteiger partial charge in [0.2, 0.25) is 0 Å². The third kappa shape index (κ3) is 4.57. The van der Waals surface area contributed by atoms with Crippen molar-refractivity contribution in [2.45, 2.75) is 18.7 Å². The van der Waals surface area contributed by atoms with Gasteiger partial charge >= 0.3 is 0 Å². The summed E-state index contributed by atoms with van der Waals surface area (Å²) in [6.07, 6.45) is 1.72. The minimum atomic E-state index is -3.71. The molecular weight excluding hydrogens is 410 g/mol. The van der Waals surface area contributed by atoms with Gasteiger partial charge in [0.05, 0.1) is 10.4 Å². The topological polar surface area (TPSA) is 88.2 Å². The van der Waals surface area contributed by atoms with Crippen LogP contribution < -0.4 is 10.0 Å². The lowest BCUT2D eigenvalue weighted by molar-refractivity contribution is 0.102. The number of carbonyl (C=O) groups is 1. The maximum absolute atomic E-state index is 12.6. The molecule has 156 valence electrons. The lowest BCUT2D eigenvalue weighted by atomic mass is 10.1. The van der Waals surface area contributed by atoms with Crippen molar-refractivity contribution in [1.82, 2.24) is 4.98 Å². The van der Waals surface area contributed by atoms with E-state index in [1.165, 1.54) is 0 Å². The van der Waals surface area contributed by atoms with Crippen molar-refractivity contribution in [2.24, 2.45) is 0 Å². The van der Waals surface area contributed by atoms with E-state index >= 15 is 0 Å². The van der Waals surface area contributed by atoms with Crippen LogP contribution in [0.2, 0.25) is 0 Å². The van der Waals surface area contributed by atoms with E-state index in [1.54, 1.807) is 54.7 Å². The number of sulfonamides is 1. The number of benzene rings is 3. The van der Waals surface area contributed by atoms with Crippen LogP contribution in [-0.4, -0.2) is 19.3 Å². The molecule has 0 aliphatic carbocycles. The quantitative estimate of drug-likeness (QED) is 0.470. The highest BCUT2D eigenvalue weighted by atomic mass is 32.2. The number of hydrogen-bond acceptors (Lipinski definition) is 4. The van der Waals surface area contributed by atoms with E-state index in [0.717, 1.165) is 22.0 Å². The van der Waals surface area contributed by atoms with E-state index in [2.05, 4.69) is 15.0 Å².